The van der Waals surface area contributed by atoms with Crippen LogP contribution in [0.3, 0.4) is 0 Å². The highest BCUT2D eigenvalue weighted by molar-refractivity contribution is 7.99. The molecular formula is C13H15ClN4S. The van der Waals surface area contributed by atoms with E-state index >= 15 is 0 Å². The lowest BCUT2D eigenvalue weighted by atomic mass is 10.1. The molecule has 1 N–H and O–H groups in total. The molecule has 0 aliphatic carbocycles. The average Bonchev–Trinajstić information content (AvgIpc) is 2.82. The third-order valence-electron chi connectivity index (χ3n) is 3.24. The van der Waals surface area contributed by atoms with Crippen LogP contribution in [0.4, 0.5) is 0 Å². The third-order valence-corrected chi connectivity index (χ3v) is 4.62. The molecule has 1 unspecified atom stereocenters. The van der Waals surface area contributed by atoms with E-state index in [1.807, 2.05) is 28.9 Å². The molecule has 19 heavy (non-hydrogen) atoms. The first kappa shape index (κ1) is 12.8. The first-order valence-electron chi connectivity index (χ1n) is 6.26. The minimum Gasteiger partial charge on any atom is -0.318 e. The van der Waals surface area contributed by atoms with E-state index in [2.05, 4.69) is 29.5 Å². The number of benzene rings is 1. The van der Waals surface area contributed by atoms with Crippen LogP contribution in [0.5, 0.6) is 0 Å². The highest BCUT2D eigenvalue weighted by atomic mass is 35.5. The van der Waals surface area contributed by atoms with Crippen molar-refractivity contribution in [1.82, 2.24) is 14.9 Å². The van der Waals surface area contributed by atoms with E-state index in [0.717, 1.165) is 22.3 Å². The number of aromatic nitrogens is 3. The van der Waals surface area contributed by atoms with E-state index in [4.69, 9.17) is 11.6 Å². The number of thioether (sulfide) groups is 1. The molecule has 6 heteroatoms. The zero-order valence-electron chi connectivity index (χ0n) is 10.8. The van der Waals surface area contributed by atoms with Crippen molar-refractivity contribution < 1.29 is 0 Å². The fourth-order valence-electron chi connectivity index (χ4n) is 2.01. The molecule has 1 aliphatic heterocycles. The summed E-state index contributed by atoms with van der Waals surface area (Å²) in [6.07, 6.45) is 0. The summed E-state index contributed by atoms with van der Waals surface area (Å²) in [6, 6.07) is 8.12. The molecule has 0 saturated carbocycles. The van der Waals surface area contributed by atoms with E-state index in [1.165, 1.54) is 0 Å². The van der Waals surface area contributed by atoms with Crippen LogP contribution in [0.15, 0.2) is 29.4 Å². The second kappa shape index (κ2) is 5.06. The summed E-state index contributed by atoms with van der Waals surface area (Å²) in [5.74, 6) is 2.35. The Hall–Kier alpha value is -1.20. The predicted octanol–water partition coefficient (Wildman–Crippen LogP) is 3.27. The van der Waals surface area contributed by atoms with Crippen LogP contribution in [0.2, 0.25) is 5.02 Å². The van der Waals surface area contributed by atoms with Gasteiger partial charge in [-0.25, -0.2) is 4.68 Å². The predicted molar refractivity (Wildman–Crippen MR) is 79.2 cm³/mol. The number of nitrogens with zero attached hydrogens (tertiary/aromatic N) is 3. The molecule has 1 aliphatic rings. The van der Waals surface area contributed by atoms with Crippen molar-refractivity contribution in [2.24, 2.45) is 5.92 Å². The summed E-state index contributed by atoms with van der Waals surface area (Å²) in [5, 5.41) is 10.1. The SMILES string of the molecule is CC(C)C1CSc2nnc(-c3ccccc3Cl)n2N1. The summed E-state index contributed by atoms with van der Waals surface area (Å²) in [4.78, 5) is 0. The Morgan fingerprint density at radius 1 is 1.37 bits per heavy atom. The molecule has 1 atom stereocenters. The number of rotatable bonds is 2. The molecule has 0 fully saturated rings. The number of halogens is 1. The first-order chi connectivity index (χ1) is 9.16. The Bertz CT molecular complexity index is 596. The topological polar surface area (TPSA) is 42.7 Å². The lowest BCUT2D eigenvalue weighted by Gasteiger charge is -2.28. The van der Waals surface area contributed by atoms with Gasteiger partial charge in [-0.05, 0) is 18.1 Å². The lowest BCUT2D eigenvalue weighted by molar-refractivity contribution is 0.503. The molecule has 3 rings (SSSR count). The highest BCUT2D eigenvalue weighted by Gasteiger charge is 2.25. The van der Waals surface area contributed by atoms with Gasteiger partial charge in [0.25, 0.3) is 0 Å². The van der Waals surface area contributed by atoms with E-state index < -0.39 is 0 Å². The van der Waals surface area contributed by atoms with Gasteiger partial charge in [0.1, 0.15) is 0 Å². The van der Waals surface area contributed by atoms with Crippen molar-refractivity contribution >= 4 is 23.4 Å². The van der Waals surface area contributed by atoms with E-state index in [9.17, 15) is 0 Å². The Balaban J connectivity index is 2.02. The molecule has 0 amide bonds. The van der Waals surface area contributed by atoms with E-state index in [1.54, 1.807) is 11.8 Å². The van der Waals surface area contributed by atoms with E-state index in [0.29, 0.717) is 17.0 Å². The van der Waals surface area contributed by atoms with Crippen LogP contribution >= 0.6 is 23.4 Å². The molecule has 100 valence electrons. The standard InChI is InChI=1S/C13H15ClN4S/c1-8(2)11-7-19-13-16-15-12(18(13)17-11)9-5-3-4-6-10(9)14/h3-6,8,11,17H,7H2,1-2H3. The van der Waals surface area contributed by atoms with Gasteiger partial charge in [-0.3, -0.25) is 0 Å². The summed E-state index contributed by atoms with van der Waals surface area (Å²) < 4.78 is 1.96. The van der Waals surface area contributed by atoms with Crippen LogP contribution in [-0.2, 0) is 0 Å². The number of fused-ring (bicyclic) bond motifs is 1. The maximum Gasteiger partial charge on any atom is 0.210 e. The minimum atomic E-state index is 0.412. The number of nitrogens with one attached hydrogen (secondary N) is 1. The zero-order chi connectivity index (χ0) is 13.4. The fourth-order valence-corrected chi connectivity index (χ4v) is 3.38. The van der Waals surface area contributed by atoms with E-state index in [-0.39, 0.29) is 0 Å². The quantitative estimate of drug-likeness (QED) is 0.923. The average molecular weight is 295 g/mol. The van der Waals surface area contributed by atoms with Crippen molar-refractivity contribution in [2.45, 2.75) is 25.0 Å². The van der Waals surface area contributed by atoms with Crippen molar-refractivity contribution in [3.63, 3.8) is 0 Å². The van der Waals surface area contributed by atoms with Crippen LogP contribution in [-0.4, -0.2) is 26.7 Å². The smallest absolute Gasteiger partial charge is 0.210 e. The zero-order valence-corrected chi connectivity index (χ0v) is 12.4. The Kier molecular flexibility index (Phi) is 3.41. The van der Waals surface area contributed by atoms with Gasteiger partial charge in [-0.2, -0.15) is 0 Å². The second-order valence-electron chi connectivity index (χ2n) is 4.91. The van der Waals surface area contributed by atoms with Crippen molar-refractivity contribution in [2.75, 3.05) is 11.2 Å². The Morgan fingerprint density at radius 2 is 2.16 bits per heavy atom. The van der Waals surface area contributed by atoms with Crippen molar-refractivity contribution in [3.8, 4) is 11.4 Å². The molecule has 2 heterocycles. The number of hydrogen-bond acceptors (Lipinski definition) is 4. The minimum absolute atomic E-state index is 0.412. The first-order valence-corrected chi connectivity index (χ1v) is 7.63. The Labute approximate surface area is 121 Å². The molecule has 2 aromatic rings. The summed E-state index contributed by atoms with van der Waals surface area (Å²) >= 11 is 7.97. The van der Waals surface area contributed by atoms with Gasteiger partial charge in [0.2, 0.25) is 5.16 Å². The summed E-state index contributed by atoms with van der Waals surface area (Å²) in [6.45, 7) is 4.42. The van der Waals surface area contributed by atoms with Crippen LogP contribution in [0.1, 0.15) is 13.8 Å². The molecule has 1 aromatic carbocycles. The second-order valence-corrected chi connectivity index (χ2v) is 6.31. The summed E-state index contributed by atoms with van der Waals surface area (Å²) in [5.41, 5.74) is 4.39. The monoisotopic (exact) mass is 294 g/mol. The molecule has 0 bridgehead atoms. The van der Waals surface area contributed by atoms with Gasteiger partial charge in [-0.15, -0.1) is 10.2 Å². The molecule has 0 saturated heterocycles. The third kappa shape index (κ3) is 2.32. The fraction of sp³-hybridized carbons (Fsp3) is 0.385. The molecule has 1 aromatic heterocycles. The molecular weight excluding hydrogens is 280 g/mol. The highest BCUT2D eigenvalue weighted by Crippen LogP contribution is 2.31. The van der Waals surface area contributed by atoms with Gasteiger partial charge in [0.05, 0.1) is 11.1 Å². The largest absolute Gasteiger partial charge is 0.318 e. The van der Waals surface area contributed by atoms with Crippen molar-refractivity contribution in [3.05, 3.63) is 29.3 Å². The number of hydrogen-bond donors (Lipinski definition) is 1. The van der Waals surface area contributed by atoms with Gasteiger partial charge >= 0.3 is 0 Å². The van der Waals surface area contributed by atoms with Crippen LogP contribution in [0, 0.1) is 5.92 Å². The Morgan fingerprint density at radius 3 is 2.89 bits per heavy atom. The van der Waals surface area contributed by atoms with Gasteiger partial charge < -0.3 is 5.43 Å². The van der Waals surface area contributed by atoms with Gasteiger partial charge in [0, 0.05) is 11.3 Å². The molecule has 0 spiro atoms. The molecule has 0 radical (unpaired) electrons. The van der Waals surface area contributed by atoms with Gasteiger partial charge in [0.15, 0.2) is 5.82 Å². The maximum absolute atomic E-state index is 6.24. The normalized spacial score (nSPS) is 18.2. The van der Waals surface area contributed by atoms with Gasteiger partial charge in [-0.1, -0.05) is 49.3 Å². The van der Waals surface area contributed by atoms with Crippen LogP contribution < -0.4 is 5.43 Å². The lowest BCUT2D eigenvalue weighted by Crippen LogP contribution is -2.38. The summed E-state index contributed by atoms with van der Waals surface area (Å²) in [7, 11) is 0. The molecule has 4 nitrogen and oxygen atoms in total. The van der Waals surface area contributed by atoms with Crippen LogP contribution in [0.25, 0.3) is 11.4 Å². The van der Waals surface area contributed by atoms with Crippen molar-refractivity contribution in [1.29, 1.82) is 0 Å². The maximum atomic E-state index is 6.24.